The third-order valence-corrected chi connectivity index (χ3v) is 7.17. The number of guanidine groups is 1. The summed E-state index contributed by atoms with van der Waals surface area (Å²) >= 11 is 0. The molecule has 30 heavy (non-hydrogen) atoms. The minimum Gasteiger partial charge on any atom is -0.352 e. The smallest absolute Gasteiger partial charge is 0.243 e. The van der Waals surface area contributed by atoms with Gasteiger partial charge in [0.05, 0.1) is 4.90 Å². The van der Waals surface area contributed by atoms with Crippen molar-refractivity contribution in [1.29, 1.82) is 0 Å². The molecule has 1 fully saturated rings. The van der Waals surface area contributed by atoms with Crippen LogP contribution in [0.15, 0.2) is 58.4 Å². The molecular formula is C22H31IN4O2S. The lowest BCUT2D eigenvalue weighted by atomic mass is 10.1. The maximum atomic E-state index is 12.6. The Morgan fingerprint density at radius 3 is 2.17 bits per heavy atom. The second-order valence-corrected chi connectivity index (χ2v) is 9.09. The van der Waals surface area contributed by atoms with Crippen LogP contribution in [0.5, 0.6) is 0 Å². The fraction of sp³-hybridized carbons (Fsp3) is 0.409. The zero-order chi connectivity index (χ0) is 20.7. The van der Waals surface area contributed by atoms with E-state index < -0.39 is 10.0 Å². The summed E-state index contributed by atoms with van der Waals surface area (Å²) in [5.74, 6) is 0.713. The van der Waals surface area contributed by atoms with E-state index in [4.69, 9.17) is 0 Å². The van der Waals surface area contributed by atoms with Crippen LogP contribution in [-0.4, -0.2) is 38.8 Å². The van der Waals surface area contributed by atoms with Crippen molar-refractivity contribution in [3.05, 3.63) is 65.2 Å². The first-order valence-corrected chi connectivity index (χ1v) is 11.6. The Labute approximate surface area is 197 Å². The number of aryl methyl sites for hydroxylation is 1. The van der Waals surface area contributed by atoms with Crippen LogP contribution in [0, 0.1) is 0 Å². The third kappa shape index (κ3) is 6.18. The number of aliphatic imine (C=N–C) groups is 1. The molecule has 0 aliphatic carbocycles. The van der Waals surface area contributed by atoms with Gasteiger partial charge in [0.2, 0.25) is 10.0 Å². The highest BCUT2D eigenvalue weighted by molar-refractivity contribution is 14.0. The van der Waals surface area contributed by atoms with E-state index in [0.29, 0.717) is 37.0 Å². The highest BCUT2D eigenvalue weighted by atomic mass is 127. The predicted molar refractivity (Wildman–Crippen MR) is 133 cm³/mol. The van der Waals surface area contributed by atoms with Crippen molar-refractivity contribution in [3.63, 3.8) is 0 Å². The molecule has 3 rings (SSSR count). The Kier molecular flexibility index (Phi) is 9.57. The van der Waals surface area contributed by atoms with E-state index in [0.717, 1.165) is 24.8 Å². The summed E-state index contributed by atoms with van der Waals surface area (Å²) in [5.41, 5.74) is 3.59. The van der Waals surface area contributed by atoms with Gasteiger partial charge in [0.15, 0.2) is 5.96 Å². The maximum Gasteiger partial charge on any atom is 0.243 e. The molecule has 0 saturated carbocycles. The van der Waals surface area contributed by atoms with Crippen molar-refractivity contribution in [2.45, 2.75) is 44.2 Å². The normalized spacial score (nSPS) is 14.9. The molecule has 2 N–H and O–H groups in total. The SMILES string of the molecule is CCc1ccccc1CNC(=NC)NCc1ccc(S(=O)(=O)N2CCCC2)cc1.I. The van der Waals surface area contributed by atoms with E-state index in [2.05, 4.69) is 40.7 Å². The van der Waals surface area contributed by atoms with Crippen LogP contribution in [0.1, 0.15) is 36.5 Å². The molecule has 2 aromatic rings. The van der Waals surface area contributed by atoms with Gasteiger partial charge in [-0.15, -0.1) is 24.0 Å². The average Bonchev–Trinajstić information content (AvgIpc) is 3.30. The molecule has 2 aromatic carbocycles. The first-order valence-electron chi connectivity index (χ1n) is 10.1. The van der Waals surface area contributed by atoms with Crippen molar-refractivity contribution in [3.8, 4) is 0 Å². The third-order valence-electron chi connectivity index (χ3n) is 5.26. The van der Waals surface area contributed by atoms with Gasteiger partial charge in [-0.05, 0) is 48.1 Å². The maximum absolute atomic E-state index is 12.6. The van der Waals surface area contributed by atoms with E-state index in [1.807, 2.05) is 18.2 Å². The summed E-state index contributed by atoms with van der Waals surface area (Å²) in [7, 11) is -1.62. The van der Waals surface area contributed by atoms with Gasteiger partial charge in [0, 0.05) is 33.2 Å². The molecule has 0 amide bonds. The highest BCUT2D eigenvalue weighted by Gasteiger charge is 2.26. The molecule has 0 atom stereocenters. The fourth-order valence-corrected chi connectivity index (χ4v) is 5.03. The molecule has 1 aliphatic heterocycles. The first kappa shape index (κ1) is 24.6. The summed E-state index contributed by atoms with van der Waals surface area (Å²) in [6, 6.07) is 15.5. The topological polar surface area (TPSA) is 73.8 Å². The molecule has 1 heterocycles. The number of benzene rings is 2. The summed E-state index contributed by atoms with van der Waals surface area (Å²) in [6.45, 7) is 4.67. The minimum atomic E-state index is -3.36. The minimum absolute atomic E-state index is 0. The van der Waals surface area contributed by atoms with E-state index in [1.165, 1.54) is 11.1 Å². The van der Waals surface area contributed by atoms with Crippen LogP contribution in [0.25, 0.3) is 0 Å². The molecule has 0 aromatic heterocycles. The number of hydrogen-bond donors (Lipinski definition) is 2. The molecule has 1 aliphatic rings. The van der Waals surface area contributed by atoms with Gasteiger partial charge in [-0.3, -0.25) is 4.99 Å². The zero-order valence-corrected chi connectivity index (χ0v) is 20.7. The Bertz CT molecular complexity index is 940. The van der Waals surface area contributed by atoms with Gasteiger partial charge >= 0.3 is 0 Å². The van der Waals surface area contributed by atoms with E-state index in [9.17, 15) is 8.42 Å². The van der Waals surface area contributed by atoms with Crippen LogP contribution in [0.2, 0.25) is 0 Å². The monoisotopic (exact) mass is 542 g/mol. The number of hydrogen-bond acceptors (Lipinski definition) is 3. The van der Waals surface area contributed by atoms with Gasteiger partial charge in [0.1, 0.15) is 0 Å². The number of nitrogens with one attached hydrogen (secondary N) is 2. The van der Waals surface area contributed by atoms with Crippen LogP contribution in [0.4, 0.5) is 0 Å². The highest BCUT2D eigenvalue weighted by Crippen LogP contribution is 2.21. The zero-order valence-electron chi connectivity index (χ0n) is 17.6. The van der Waals surface area contributed by atoms with Gasteiger partial charge < -0.3 is 10.6 Å². The lowest BCUT2D eigenvalue weighted by Crippen LogP contribution is -2.36. The summed E-state index contributed by atoms with van der Waals surface area (Å²) in [5, 5.41) is 6.63. The second kappa shape index (κ2) is 11.7. The van der Waals surface area contributed by atoms with E-state index in [1.54, 1.807) is 23.5 Å². The lowest BCUT2D eigenvalue weighted by molar-refractivity contribution is 0.477. The number of nitrogens with zero attached hydrogens (tertiary/aromatic N) is 2. The summed E-state index contributed by atoms with van der Waals surface area (Å²) in [4.78, 5) is 4.64. The molecule has 1 saturated heterocycles. The van der Waals surface area contributed by atoms with E-state index in [-0.39, 0.29) is 24.0 Å². The molecule has 0 spiro atoms. The van der Waals surface area contributed by atoms with Gasteiger partial charge in [0.25, 0.3) is 0 Å². The fourth-order valence-electron chi connectivity index (χ4n) is 3.52. The van der Waals surface area contributed by atoms with Crippen molar-refractivity contribution in [2.75, 3.05) is 20.1 Å². The van der Waals surface area contributed by atoms with Crippen LogP contribution in [-0.2, 0) is 29.5 Å². The quantitative estimate of drug-likeness (QED) is 0.319. The molecule has 164 valence electrons. The standard InChI is InChI=1S/C22H30N4O2S.HI/c1-3-19-8-4-5-9-20(19)17-25-22(23-2)24-16-18-10-12-21(13-11-18)29(27,28)26-14-6-7-15-26;/h4-5,8-13H,3,6-7,14-17H2,1-2H3,(H2,23,24,25);1H. The van der Waals surface area contributed by atoms with E-state index >= 15 is 0 Å². The Hall–Kier alpha value is -1.65. The first-order chi connectivity index (χ1) is 14.0. The largest absolute Gasteiger partial charge is 0.352 e. The van der Waals surface area contributed by atoms with Crippen molar-refractivity contribution < 1.29 is 8.42 Å². The number of rotatable bonds is 7. The Morgan fingerprint density at radius 2 is 1.57 bits per heavy atom. The molecule has 8 heteroatoms. The van der Waals surface area contributed by atoms with Crippen LogP contribution >= 0.6 is 24.0 Å². The Balaban J connectivity index is 0.00000320. The van der Waals surface area contributed by atoms with Crippen molar-refractivity contribution in [2.24, 2.45) is 4.99 Å². The summed E-state index contributed by atoms with van der Waals surface area (Å²) in [6.07, 6.45) is 2.88. The van der Waals surface area contributed by atoms with Crippen LogP contribution < -0.4 is 10.6 Å². The number of halogens is 1. The Morgan fingerprint density at radius 1 is 0.967 bits per heavy atom. The summed E-state index contributed by atoms with van der Waals surface area (Å²) < 4.78 is 26.8. The van der Waals surface area contributed by atoms with Gasteiger partial charge in [-0.25, -0.2) is 8.42 Å². The molecule has 0 unspecified atom stereocenters. The molecule has 0 bridgehead atoms. The van der Waals surface area contributed by atoms with Crippen LogP contribution in [0.3, 0.4) is 0 Å². The van der Waals surface area contributed by atoms with Gasteiger partial charge in [-0.1, -0.05) is 43.3 Å². The number of sulfonamides is 1. The molecule has 6 nitrogen and oxygen atoms in total. The average molecular weight is 542 g/mol. The lowest BCUT2D eigenvalue weighted by Gasteiger charge is -2.16. The molecular weight excluding hydrogens is 511 g/mol. The van der Waals surface area contributed by atoms with Crippen molar-refractivity contribution in [1.82, 2.24) is 14.9 Å². The second-order valence-electron chi connectivity index (χ2n) is 7.16. The van der Waals surface area contributed by atoms with Crippen molar-refractivity contribution >= 4 is 40.0 Å². The van der Waals surface area contributed by atoms with Gasteiger partial charge in [-0.2, -0.15) is 4.31 Å². The predicted octanol–water partition coefficient (Wildman–Crippen LogP) is 3.52. The molecule has 0 radical (unpaired) electrons.